The van der Waals surface area contributed by atoms with Gasteiger partial charge in [0.2, 0.25) is 13.2 Å². The third-order valence-corrected chi connectivity index (χ3v) is 3.35. The van der Waals surface area contributed by atoms with Crippen LogP contribution in [0.15, 0.2) is 42.5 Å². The van der Waals surface area contributed by atoms with E-state index in [0.29, 0.717) is 41.6 Å². The molecule has 1 aliphatic rings. The minimum atomic E-state index is -0.586. The maximum absolute atomic E-state index is 12.4. The summed E-state index contributed by atoms with van der Waals surface area (Å²) >= 11 is 0. The molecule has 7 heteroatoms. The second-order valence-corrected chi connectivity index (χ2v) is 4.90. The summed E-state index contributed by atoms with van der Waals surface area (Å²) in [5.41, 5.74) is 0.909. The Labute approximate surface area is 138 Å². The van der Waals surface area contributed by atoms with Crippen LogP contribution in [0.3, 0.4) is 0 Å². The maximum Gasteiger partial charge on any atom is 0.332 e. The fourth-order valence-corrected chi connectivity index (χ4v) is 2.28. The van der Waals surface area contributed by atoms with Gasteiger partial charge in [0.1, 0.15) is 5.75 Å². The number of urea groups is 1. The largest absolute Gasteiger partial charge is 0.494 e. The molecule has 0 aromatic heterocycles. The van der Waals surface area contributed by atoms with E-state index in [1.807, 2.05) is 6.92 Å². The van der Waals surface area contributed by atoms with E-state index >= 15 is 0 Å². The van der Waals surface area contributed by atoms with Crippen molar-refractivity contribution in [1.29, 1.82) is 0 Å². The Balaban J connectivity index is 1.77. The number of ether oxygens (including phenoxy) is 3. The van der Waals surface area contributed by atoms with E-state index in [1.165, 1.54) is 0 Å². The Morgan fingerprint density at radius 1 is 1.25 bits per heavy atom. The molecule has 0 spiro atoms. The summed E-state index contributed by atoms with van der Waals surface area (Å²) in [6, 6.07) is 11.2. The lowest BCUT2D eigenvalue weighted by molar-refractivity contribution is -0.106. The Morgan fingerprint density at radius 2 is 2.08 bits per heavy atom. The molecule has 0 unspecified atom stereocenters. The van der Waals surface area contributed by atoms with Crippen molar-refractivity contribution >= 4 is 23.8 Å². The van der Waals surface area contributed by atoms with Crippen LogP contribution in [0.25, 0.3) is 0 Å². The molecule has 24 heavy (non-hydrogen) atoms. The van der Waals surface area contributed by atoms with Crippen LogP contribution in [0, 0.1) is 0 Å². The van der Waals surface area contributed by atoms with Gasteiger partial charge in [-0.2, -0.15) is 0 Å². The molecule has 0 radical (unpaired) electrons. The van der Waals surface area contributed by atoms with E-state index in [1.54, 1.807) is 42.5 Å². The molecule has 0 saturated heterocycles. The van der Waals surface area contributed by atoms with E-state index in [-0.39, 0.29) is 6.79 Å². The first-order chi connectivity index (χ1) is 11.7. The van der Waals surface area contributed by atoms with Gasteiger partial charge in [-0.25, -0.2) is 9.69 Å². The van der Waals surface area contributed by atoms with Crippen molar-refractivity contribution in [3.8, 4) is 17.2 Å². The van der Waals surface area contributed by atoms with Crippen LogP contribution < -0.4 is 24.4 Å². The molecule has 1 aliphatic heterocycles. The van der Waals surface area contributed by atoms with Gasteiger partial charge in [-0.3, -0.25) is 4.79 Å². The first-order valence-corrected chi connectivity index (χ1v) is 7.39. The van der Waals surface area contributed by atoms with Gasteiger partial charge < -0.3 is 19.5 Å². The van der Waals surface area contributed by atoms with Crippen LogP contribution in [-0.2, 0) is 4.79 Å². The third-order valence-electron chi connectivity index (χ3n) is 3.35. The molecule has 7 nitrogen and oxygen atoms in total. The molecule has 0 atom stereocenters. The second-order valence-electron chi connectivity index (χ2n) is 4.90. The Bertz CT molecular complexity index is 762. The lowest BCUT2D eigenvalue weighted by atomic mass is 10.2. The molecule has 0 bridgehead atoms. The summed E-state index contributed by atoms with van der Waals surface area (Å²) in [6.45, 7) is 2.52. The highest BCUT2D eigenvalue weighted by atomic mass is 16.7. The topological polar surface area (TPSA) is 77.1 Å². The van der Waals surface area contributed by atoms with Crippen molar-refractivity contribution in [2.24, 2.45) is 0 Å². The van der Waals surface area contributed by atoms with Crippen LogP contribution in [0.1, 0.15) is 6.92 Å². The van der Waals surface area contributed by atoms with Gasteiger partial charge in [-0.1, -0.05) is 6.07 Å². The number of carbonyl (C=O) groups is 2. The zero-order valence-corrected chi connectivity index (χ0v) is 13.0. The minimum absolute atomic E-state index is 0.121. The fraction of sp³-hybridized carbons (Fsp3) is 0.176. The third kappa shape index (κ3) is 3.24. The van der Waals surface area contributed by atoms with Crippen molar-refractivity contribution < 1.29 is 23.8 Å². The summed E-state index contributed by atoms with van der Waals surface area (Å²) in [5, 5.41) is 2.66. The number of carbonyl (C=O) groups excluding carboxylic acids is 2. The number of amides is 3. The van der Waals surface area contributed by atoms with Crippen LogP contribution in [0.4, 0.5) is 16.2 Å². The Morgan fingerprint density at radius 3 is 2.88 bits per heavy atom. The first kappa shape index (κ1) is 15.7. The summed E-state index contributed by atoms with van der Waals surface area (Å²) < 4.78 is 15.9. The second kappa shape index (κ2) is 6.91. The first-order valence-electron chi connectivity index (χ1n) is 7.39. The molecule has 3 rings (SSSR count). The standard InChI is InChI=1S/C17H16N2O5/c1-2-22-14-5-3-4-12(8-14)18-17(21)19(10-20)13-6-7-15-16(9-13)24-11-23-15/h3-10H,2,11H2,1H3,(H,18,21). The van der Waals surface area contributed by atoms with Crippen LogP contribution in [0.2, 0.25) is 0 Å². The van der Waals surface area contributed by atoms with E-state index in [4.69, 9.17) is 14.2 Å². The van der Waals surface area contributed by atoms with Gasteiger partial charge in [-0.15, -0.1) is 0 Å². The number of hydrogen-bond donors (Lipinski definition) is 1. The molecule has 1 heterocycles. The molecular weight excluding hydrogens is 312 g/mol. The van der Waals surface area contributed by atoms with Gasteiger partial charge in [0.05, 0.1) is 12.3 Å². The number of nitrogens with one attached hydrogen (secondary N) is 1. The highest BCUT2D eigenvalue weighted by Crippen LogP contribution is 2.35. The summed E-state index contributed by atoms with van der Waals surface area (Å²) in [6.07, 6.45) is 0.444. The summed E-state index contributed by atoms with van der Waals surface area (Å²) in [7, 11) is 0. The molecule has 0 fully saturated rings. The number of benzene rings is 2. The Kier molecular flexibility index (Phi) is 4.51. The van der Waals surface area contributed by atoms with Gasteiger partial charge in [-0.05, 0) is 31.2 Å². The van der Waals surface area contributed by atoms with Crippen molar-refractivity contribution in [2.45, 2.75) is 6.92 Å². The number of imide groups is 1. The number of nitrogens with zero attached hydrogens (tertiary/aromatic N) is 1. The smallest absolute Gasteiger partial charge is 0.332 e. The average Bonchev–Trinajstić information content (AvgIpc) is 3.04. The van der Waals surface area contributed by atoms with E-state index < -0.39 is 6.03 Å². The number of fused-ring (bicyclic) bond motifs is 1. The van der Waals surface area contributed by atoms with Crippen molar-refractivity contribution in [1.82, 2.24) is 0 Å². The molecule has 1 N–H and O–H groups in total. The van der Waals surface area contributed by atoms with E-state index in [2.05, 4.69) is 5.32 Å². The van der Waals surface area contributed by atoms with Crippen molar-refractivity contribution in [2.75, 3.05) is 23.6 Å². The van der Waals surface area contributed by atoms with Gasteiger partial charge in [0, 0.05) is 17.8 Å². The highest BCUT2D eigenvalue weighted by Gasteiger charge is 2.20. The molecule has 3 amide bonds. The predicted molar refractivity (Wildman–Crippen MR) is 87.7 cm³/mol. The molecule has 124 valence electrons. The van der Waals surface area contributed by atoms with Crippen LogP contribution in [0.5, 0.6) is 17.2 Å². The monoisotopic (exact) mass is 328 g/mol. The number of rotatable bonds is 5. The lowest BCUT2D eigenvalue weighted by Gasteiger charge is -2.17. The lowest BCUT2D eigenvalue weighted by Crippen LogP contribution is -2.33. The maximum atomic E-state index is 12.4. The molecule has 2 aromatic carbocycles. The van der Waals surface area contributed by atoms with Crippen molar-refractivity contribution in [3.05, 3.63) is 42.5 Å². The number of hydrogen-bond acceptors (Lipinski definition) is 5. The summed E-state index contributed by atoms with van der Waals surface area (Å²) in [4.78, 5) is 24.7. The van der Waals surface area contributed by atoms with E-state index in [9.17, 15) is 9.59 Å². The number of anilines is 2. The van der Waals surface area contributed by atoms with Gasteiger partial charge in [0.25, 0.3) is 0 Å². The zero-order valence-electron chi connectivity index (χ0n) is 13.0. The molecular formula is C17H16N2O5. The van der Waals surface area contributed by atoms with Gasteiger partial charge in [0.15, 0.2) is 11.5 Å². The minimum Gasteiger partial charge on any atom is -0.494 e. The van der Waals surface area contributed by atoms with Crippen LogP contribution in [-0.4, -0.2) is 25.8 Å². The quantitative estimate of drug-likeness (QED) is 0.854. The zero-order chi connectivity index (χ0) is 16.9. The highest BCUT2D eigenvalue weighted by molar-refractivity contribution is 6.12. The fourth-order valence-electron chi connectivity index (χ4n) is 2.28. The van der Waals surface area contributed by atoms with Crippen molar-refractivity contribution in [3.63, 3.8) is 0 Å². The normalized spacial score (nSPS) is 11.7. The predicted octanol–water partition coefficient (Wildman–Crippen LogP) is 3.01. The summed E-state index contributed by atoms with van der Waals surface area (Å²) in [5.74, 6) is 1.70. The average molecular weight is 328 g/mol. The molecule has 0 saturated carbocycles. The molecule has 0 aliphatic carbocycles. The van der Waals surface area contributed by atoms with Crippen LogP contribution >= 0.6 is 0 Å². The SMILES string of the molecule is CCOc1cccc(NC(=O)N(C=O)c2ccc3c(c2)OCO3)c1. The molecule has 2 aromatic rings. The van der Waals surface area contributed by atoms with E-state index in [0.717, 1.165) is 4.90 Å². The van der Waals surface area contributed by atoms with Gasteiger partial charge >= 0.3 is 6.03 Å². The Hall–Kier alpha value is -3.22.